The van der Waals surface area contributed by atoms with Gasteiger partial charge in [0.05, 0.1) is 6.04 Å². The fourth-order valence-electron chi connectivity index (χ4n) is 2.67. The van der Waals surface area contributed by atoms with Crippen LogP contribution in [-0.4, -0.2) is 46.6 Å². The van der Waals surface area contributed by atoms with E-state index in [4.69, 9.17) is 4.74 Å². The summed E-state index contributed by atoms with van der Waals surface area (Å²) in [6.07, 6.45) is 2.21. The lowest BCUT2D eigenvalue weighted by Crippen LogP contribution is -2.50. The Hall–Kier alpha value is -2.47. The van der Waals surface area contributed by atoms with E-state index in [-0.39, 0.29) is 12.5 Å². The Balaban J connectivity index is 2.17. The maximum absolute atomic E-state index is 11.9. The molecule has 1 fully saturated rings. The van der Waals surface area contributed by atoms with Gasteiger partial charge in [-0.3, -0.25) is 9.78 Å². The van der Waals surface area contributed by atoms with Crippen molar-refractivity contribution in [2.45, 2.75) is 12.1 Å². The summed E-state index contributed by atoms with van der Waals surface area (Å²) in [5.74, 6) is -1.34. The molecule has 2 unspecified atom stereocenters. The van der Waals surface area contributed by atoms with E-state index in [2.05, 4.69) is 4.98 Å². The highest BCUT2D eigenvalue weighted by atomic mass is 16.5. The molecule has 0 bridgehead atoms. The predicted octanol–water partition coefficient (Wildman–Crippen LogP) is 1.22. The smallest absolute Gasteiger partial charge is 0.335 e. The number of ether oxygens (including phenoxy) is 1. The van der Waals surface area contributed by atoms with Gasteiger partial charge in [-0.2, -0.15) is 0 Å². The quantitative estimate of drug-likeness (QED) is 0.897. The van der Waals surface area contributed by atoms with Crippen LogP contribution in [0.15, 0.2) is 36.7 Å². The first-order chi connectivity index (χ1) is 10.1. The summed E-state index contributed by atoms with van der Waals surface area (Å²) < 4.78 is 5.22. The molecule has 2 atom stereocenters. The molecular formula is C15H14N2O4. The van der Waals surface area contributed by atoms with Crippen molar-refractivity contribution in [1.82, 2.24) is 9.88 Å². The molecule has 21 heavy (non-hydrogen) atoms. The third-order valence-corrected chi connectivity index (χ3v) is 3.74. The topological polar surface area (TPSA) is 79.7 Å². The number of fused-ring (bicyclic) bond motifs is 1. The number of aromatic nitrogens is 1. The zero-order chi connectivity index (χ0) is 15.0. The van der Waals surface area contributed by atoms with Crippen molar-refractivity contribution in [2.75, 3.05) is 13.7 Å². The van der Waals surface area contributed by atoms with Crippen molar-refractivity contribution in [1.29, 1.82) is 0 Å². The minimum absolute atomic E-state index is 0.220. The van der Waals surface area contributed by atoms with Gasteiger partial charge in [0, 0.05) is 30.4 Å². The van der Waals surface area contributed by atoms with Crippen molar-refractivity contribution >= 4 is 22.6 Å². The second-order valence-electron chi connectivity index (χ2n) is 4.97. The number of carbonyl (C=O) groups is 2. The molecule has 0 saturated carbocycles. The van der Waals surface area contributed by atoms with Crippen LogP contribution in [0.5, 0.6) is 0 Å². The van der Waals surface area contributed by atoms with Crippen LogP contribution in [0.1, 0.15) is 11.6 Å². The number of likely N-dealkylation sites (N-methyl/N-ethyl adjacent to an activating group) is 1. The van der Waals surface area contributed by atoms with Crippen LogP contribution in [0.4, 0.5) is 0 Å². The van der Waals surface area contributed by atoms with Gasteiger partial charge in [-0.1, -0.05) is 24.3 Å². The largest absolute Gasteiger partial charge is 0.479 e. The van der Waals surface area contributed by atoms with Gasteiger partial charge in [-0.25, -0.2) is 4.79 Å². The monoisotopic (exact) mass is 286 g/mol. The Morgan fingerprint density at radius 3 is 2.90 bits per heavy atom. The fourth-order valence-corrected chi connectivity index (χ4v) is 2.67. The molecule has 1 N–H and O–H groups in total. The van der Waals surface area contributed by atoms with Gasteiger partial charge in [0.25, 0.3) is 0 Å². The van der Waals surface area contributed by atoms with Gasteiger partial charge in [0.2, 0.25) is 5.91 Å². The van der Waals surface area contributed by atoms with Gasteiger partial charge in [0.15, 0.2) is 6.10 Å². The van der Waals surface area contributed by atoms with Gasteiger partial charge in [-0.15, -0.1) is 0 Å². The molecule has 1 aliphatic heterocycles. The fraction of sp³-hybridized carbons (Fsp3) is 0.267. The molecule has 108 valence electrons. The van der Waals surface area contributed by atoms with Gasteiger partial charge >= 0.3 is 5.97 Å². The summed E-state index contributed by atoms with van der Waals surface area (Å²) in [4.78, 5) is 28.9. The standard InChI is InChI=1S/C15H14N2O4/c1-17-12(18)8-21-14(15(19)20)13(17)11-7-16-6-9-4-2-3-5-10(9)11/h2-7,13-14H,8H2,1H3,(H,19,20). The van der Waals surface area contributed by atoms with E-state index in [0.717, 1.165) is 10.8 Å². The second-order valence-corrected chi connectivity index (χ2v) is 4.97. The number of hydrogen-bond acceptors (Lipinski definition) is 4. The number of rotatable bonds is 2. The van der Waals surface area contributed by atoms with E-state index in [1.54, 1.807) is 19.4 Å². The lowest BCUT2D eigenvalue weighted by molar-refractivity contribution is -0.171. The predicted molar refractivity (Wildman–Crippen MR) is 74.6 cm³/mol. The number of hydrogen-bond donors (Lipinski definition) is 1. The number of amides is 1. The molecular weight excluding hydrogens is 272 g/mol. The van der Waals surface area contributed by atoms with E-state index < -0.39 is 18.1 Å². The molecule has 1 saturated heterocycles. The van der Waals surface area contributed by atoms with Crippen molar-refractivity contribution < 1.29 is 19.4 Å². The summed E-state index contributed by atoms with van der Waals surface area (Å²) in [5, 5.41) is 11.1. The molecule has 0 spiro atoms. The number of carboxylic acids is 1. The highest BCUT2D eigenvalue weighted by Gasteiger charge is 2.40. The summed E-state index contributed by atoms with van der Waals surface area (Å²) >= 11 is 0. The molecule has 1 amide bonds. The molecule has 6 heteroatoms. The molecule has 1 aliphatic rings. The lowest BCUT2D eigenvalue weighted by Gasteiger charge is -2.37. The lowest BCUT2D eigenvalue weighted by atomic mass is 9.95. The minimum atomic E-state index is -1.10. The first kappa shape index (κ1) is 13.5. The highest BCUT2D eigenvalue weighted by molar-refractivity contribution is 5.88. The second kappa shape index (κ2) is 5.14. The Labute approximate surface area is 121 Å². The number of morpholine rings is 1. The maximum atomic E-state index is 11.9. The molecule has 0 radical (unpaired) electrons. The van der Waals surface area contributed by atoms with Crippen molar-refractivity contribution in [3.8, 4) is 0 Å². The summed E-state index contributed by atoms with van der Waals surface area (Å²) in [6.45, 7) is -0.220. The normalized spacial score (nSPS) is 22.5. The molecule has 1 aromatic heterocycles. The molecule has 6 nitrogen and oxygen atoms in total. The number of aliphatic carboxylic acids is 1. The summed E-state index contributed by atoms with van der Waals surface area (Å²) in [5.41, 5.74) is 0.677. The van der Waals surface area contributed by atoms with Crippen LogP contribution < -0.4 is 0 Å². The van der Waals surface area contributed by atoms with Crippen LogP contribution in [0.3, 0.4) is 0 Å². The molecule has 3 rings (SSSR count). The Kier molecular flexibility index (Phi) is 3.31. The number of carboxylic acid groups (broad SMARTS) is 1. The van der Waals surface area contributed by atoms with E-state index in [1.807, 2.05) is 24.3 Å². The van der Waals surface area contributed by atoms with Gasteiger partial charge < -0.3 is 14.7 Å². The SMILES string of the molecule is CN1C(=O)COC(C(=O)O)C1c1cncc2ccccc12. The number of benzene rings is 1. The first-order valence-corrected chi connectivity index (χ1v) is 6.52. The van der Waals surface area contributed by atoms with Crippen molar-refractivity contribution in [3.05, 3.63) is 42.2 Å². The van der Waals surface area contributed by atoms with Crippen molar-refractivity contribution in [3.63, 3.8) is 0 Å². The van der Waals surface area contributed by atoms with Crippen molar-refractivity contribution in [2.24, 2.45) is 0 Å². The number of carbonyl (C=O) groups excluding carboxylic acids is 1. The molecule has 0 aliphatic carbocycles. The molecule has 2 aromatic rings. The molecule has 2 heterocycles. The zero-order valence-electron chi connectivity index (χ0n) is 11.4. The number of nitrogens with zero attached hydrogens (tertiary/aromatic N) is 2. The Bertz CT molecular complexity index is 710. The highest BCUT2D eigenvalue weighted by Crippen LogP contribution is 2.33. The third kappa shape index (κ3) is 2.23. The number of pyridine rings is 1. The maximum Gasteiger partial charge on any atom is 0.335 e. The van der Waals surface area contributed by atoms with Crippen LogP contribution in [0.2, 0.25) is 0 Å². The Morgan fingerprint density at radius 2 is 2.14 bits per heavy atom. The average molecular weight is 286 g/mol. The van der Waals surface area contributed by atoms with Crippen LogP contribution in [-0.2, 0) is 14.3 Å². The van der Waals surface area contributed by atoms with Crippen LogP contribution in [0.25, 0.3) is 10.8 Å². The van der Waals surface area contributed by atoms with Crippen LogP contribution >= 0.6 is 0 Å². The van der Waals surface area contributed by atoms with E-state index in [1.165, 1.54) is 4.90 Å². The minimum Gasteiger partial charge on any atom is -0.479 e. The summed E-state index contributed by atoms with van der Waals surface area (Å²) in [7, 11) is 1.59. The van der Waals surface area contributed by atoms with Gasteiger partial charge in [0.1, 0.15) is 6.61 Å². The van der Waals surface area contributed by atoms with E-state index in [9.17, 15) is 14.7 Å². The van der Waals surface area contributed by atoms with Gasteiger partial charge in [-0.05, 0) is 5.39 Å². The Morgan fingerprint density at radius 1 is 1.38 bits per heavy atom. The van der Waals surface area contributed by atoms with E-state index in [0.29, 0.717) is 5.56 Å². The average Bonchev–Trinajstić information content (AvgIpc) is 2.49. The molecule has 1 aromatic carbocycles. The first-order valence-electron chi connectivity index (χ1n) is 6.52. The third-order valence-electron chi connectivity index (χ3n) is 3.74. The van der Waals surface area contributed by atoms with E-state index >= 15 is 0 Å². The van der Waals surface area contributed by atoms with Crippen LogP contribution in [0, 0.1) is 0 Å². The summed E-state index contributed by atoms with van der Waals surface area (Å²) in [6, 6.07) is 6.84. The zero-order valence-corrected chi connectivity index (χ0v) is 11.4.